The Hall–Kier alpha value is -0.0800. The molecular weight excluding hydrogens is 244 g/mol. The Balaban J connectivity index is 1.37. The topological polar surface area (TPSA) is 15.3 Å². The van der Waals surface area contributed by atoms with E-state index in [1.54, 1.807) is 0 Å². The van der Waals surface area contributed by atoms with E-state index in [1.807, 2.05) is 0 Å². The molecule has 1 N–H and O–H groups in total. The summed E-state index contributed by atoms with van der Waals surface area (Å²) in [5.41, 5.74) is 0. The average molecular weight is 276 g/mol. The zero-order valence-corrected chi connectivity index (χ0v) is 13.0. The number of piperazine rings is 1. The van der Waals surface area contributed by atoms with Crippen LogP contribution < -0.4 is 5.32 Å². The first-order chi connectivity index (χ1) is 9.90. The van der Waals surface area contributed by atoms with E-state index in [-0.39, 0.29) is 0 Å². The zero-order chi connectivity index (χ0) is 13.4. The molecule has 0 bridgehead atoms. The van der Waals surface area contributed by atoms with Gasteiger partial charge in [0.05, 0.1) is 0 Å². The minimum absolute atomic E-state index is 0.811. The summed E-state index contributed by atoms with van der Waals surface area (Å²) in [4.78, 5) is 2.93. The molecule has 4 aliphatic rings. The Labute approximate surface area is 124 Å². The molecule has 3 saturated carbocycles. The first-order valence-corrected chi connectivity index (χ1v) is 9.37. The molecule has 2 nitrogen and oxygen atoms in total. The number of hydrogen-bond acceptors (Lipinski definition) is 2. The molecule has 4 rings (SSSR count). The monoisotopic (exact) mass is 276 g/mol. The van der Waals surface area contributed by atoms with Crippen LogP contribution in [0.4, 0.5) is 0 Å². The maximum Gasteiger partial charge on any atom is 0.0249 e. The quantitative estimate of drug-likeness (QED) is 0.846. The predicted molar refractivity (Wildman–Crippen MR) is 83.8 cm³/mol. The molecule has 0 amide bonds. The lowest BCUT2D eigenvalue weighted by Gasteiger charge is -2.46. The van der Waals surface area contributed by atoms with Gasteiger partial charge in [0.25, 0.3) is 0 Å². The highest BCUT2D eigenvalue weighted by Crippen LogP contribution is 2.39. The maximum absolute atomic E-state index is 3.96. The van der Waals surface area contributed by atoms with E-state index in [0.717, 1.165) is 29.8 Å². The molecule has 2 heteroatoms. The lowest BCUT2D eigenvalue weighted by atomic mass is 9.81. The van der Waals surface area contributed by atoms with Crippen molar-refractivity contribution >= 4 is 0 Å². The zero-order valence-electron chi connectivity index (χ0n) is 13.0. The summed E-state index contributed by atoms with van der Waals surface area (Å²) in [5, 5.41) is 3.96. The molecule has 2 atom stereocenters. The van der Waals surface area contributed by atoms with E-state index >= 15 is 0 Å². The Morgan fingerprint density at radius 2 is 1.60 bits per heavy atom. The van der Waals surface area contributed by atoms with Crippen molar-refractivity contribution in [3.8, 4) is 0 Å². The molecular formula is C18H32N2. The van der Waals surface area contributed by atoms with Crippen LogP contribution in [0.15, 0.2) is 0 Å². The fraction of sp³-hybridized carbons (Fsp3) is 1.00. The van der Waals surface area contributed by atoms with E-state index in [9.17, 15) is 0 Å². The van der Waals surface area contributed by atoms with Crippen LogP contribution >= 0.6 is 0 Å². The van der Waals surface area contributed by atoms with Crippen molar-refractivity contribution < 1.29 is 0 Å². The minimum atomic E-state index is 0.811. The van der Waals surface area contributed by atoms with Gasteiger partial charge in [-0.2, -0.15) is 0 Å². The summed E-state index contributed by atoms with van der Waals surface area (Å²) in [6.07, 6.45) is 15.0. The fourth-order valence-corrected chi connectivity index (χ4v) is 4.87. The molecule has 0 aromatic heterocycles. The summed E-state index contributed by atoms with van der Waals surface area (Å²) in [7, 11) is 0. The number of nitrogens with zero attached hydrogens (tertiary/aromatic N) is 1. The molecule has 1 aliphatic heterocycles. The van der Waals surface area contributed by atoms with Gasteiger partial charge >= 0.3 is 0 Å². The van der Waals surface area contributed by atoms with Crippen LogP contribution in [0.3, 0.4) is 0 Å². The van der Waals surface area contributed by atoms with Crippen molar-refractivity contribution in [3.63, 3.8) is 0 Å². The van der Waals surface area contributed by atoms with Crippen molar-refractivity contribution in [3.05, 3.63) is 0 Å². The minimum Gasteiger partial charge on any atom is -0.311 e. The van der Waals surface area contributed by atoms with Gasteiger partial charge in [-0.1, -0.05) is 25.7 Å². The Bertz CT molecular complexity index is 315. The standard InChI is InChI=1S/C18H32N2/c1-2-7-15(8-3-1)17-13-20(12-14-5-4-6-14)18(11-19-17)16-9-10-16/h14-19H,1-13H2. The SMILES string of the molecule is C1CCC(C2CN(CC3CCC3)C(C3CC3)CN2)CC1. The van der Waals surface area contributed by atoms with Gasteiger partial charge < -0.3 is 5.32 Å². The molecule has 0 aromatic carbocycles. The van der Waals surface area contributed by atoms with E-state index < -0.39 is 0 Å². The van der Waals surface area contributed by atoms with Crippen LogP contribution in [0.2, 0.25) is 0 Å². The average Bonchev–Trinajstić information content (AvgIpc) is 3.28. The van der Waals surface area contributed by atoms with Crippen molar-refractivity contribution in [2.24, 2.45) is 17.8 Å². The molecule has 0 radical (unpaired) electrons. The molecule has 1 saturated heterocycles. The van der Waals surface area contributed by atoms with E-state index in [1.165, 1.54) is 83.8 Å². The van der Waals surface area contributed by atoms with Gasteiger partial charge in [-0.15, -0.1) is 0 Å². The summed E-state index contributed by atoms with van der Waals surface area (Å²) in [6, 6.07) is 1.70. The lowest BCUT2D eigenvalue weighted by molar-refractivity contribution is 0.0569. The first-order valence-electron chi connectivity index (χ1n) is 9.37. The molecule has 1 heterocycles. The van der Waals surface area contributed by atoms with Gasteiger partial charge in [-0.05, 0) is 56.3 Å². The number of rotatable bonds is 4. The summed E-state index contributed by atoms with van der Waals surface area (Å²) >= 11 is 0. The van der Waals surface area contributed by atoms with Gasteiger partial charge in [-0.25, -0.2) is 0 Å². The third-order valence-corrected chi connectivity index (χ3v) is 6.59. The molecule has 0 spiro atoms. The molecule has 20 heavy (non-hydrogen) atoms. The van der Waals surface area contributed by atoms with Crippen molar-refractivity contribution in [1.82, 2.24) is 10.2 Å². The normalized spacial score (nSPS) is 37.8. The first kappa shape index (κ1) is 13.6. The van der Waals surface area contributed by atoms with E-state index in [4.69, 9.17) is 0 Å². The molecule has 4 fully saturated rings. The van der Waals surface area contributed by atoms with Crippen LogP contribution in [-0.2, 0) is 0 Å². The third kappa shape index (κ3) is 2.92. The highest BCUT2D eigenvalue weighted by Gasteiger charge is 2.41. The largest absolute Gasteiger partial charge is 0.311 e. The second-order valence-corrected chi connectivity index (χ2v) is 8.07. The lowest BCUT2D eigenvalue weighted by Crippen LogP contribution is -2.60. The molecule has 114 valence electrons. The second-order valence-electron chi connectivity index (χ2n) is 8.07. The maximum atomic E-state index is 3.96. The van der Waals surface area contributed by atoms with Crippen molar-refractivity contribution in [2.75, 3.05) is 19.6 Å². The number of hydrogen-bond donors (Lipinski definition) is 1. The molecule has 0 aromatic rings. The second kappa shape index (κ2) is 5.96. The summed E-state index contributed by atoms with van der Waals surface area (Å²) in [5.74, 6) is 3.06. The predicted octanol–water partition coefficient (Wildman–Crippen LogP) is 3.42. The summed E-state index contributed by atoms with van der Waals surface area (Å²) in [6.45, 7) is 4.08. The van der Waals surface area contributed by atoms with Crippen LogP contribution in [0.25, 0.3) is 0 Å². The summed E-state index contributed by atoms with van der Waals surface area (Å²) < 4.78 is 0. The highest BCUT2D eigenvalue weighted by molar-refractivity contribution is 4.97. The Kier molecular flexibility index (Phi) is 4.05. The molecule has 3 aliphatic carbocycles. The van der Waals surface area contributed by atoms with Gasteiger partial charge in [0.2, 0.25) is 0 Å². The van der Waals surface area contributed by atoms with Crippen LogP contribution in [0, 0.1) is 17.8 Å². The van der Waals surface area contributed by atoms with Crippen LogP contribution in [0.5, 0.6) is 0 Å². The fourth-order valence-electron chi connectivity index (χ4n) is 4.87. The van der Waals surface area contributed by atoms with Crippen molar-refractivity contribution in [2.45, 2.75) is 76.3 Å². The smallest absolute Gasteiger partial charge is 0.0249 e. The molecule has 2 unspecified atom stereocenters. The van der Waals surface area contributed by atoms with Crippen LogP contribution in [-0.4, -0.2) is 36.6 Å². The van der Waals surface area contributed by atoms with Crippen LogP contribution in [0.1, 0.15) is 64.2 Å². The highest BCUT2D eigenvalue weighted by atomic mass is 15.2. The van der Waals surface area contributed by atoms with Gasteiger partial charge in [0.1, 0.15) is 0 Å². The Morgan fingerprint density at radius 3 is 2.25 bits per heavy atom. The number of nitrogens with one attached hydrogen (secondary N) is 1. The van der Waals surface area contributed by atoms with Gasteiger partial charge in [-0.3, -0.25) is 4.90 Å². The van der Waals surface area contributed by atoms with Gasteiger partial charge in [0, 0.05) is 31.7 Å². The van der Waals surface area contributed by atoms with Crippen molar-refractivity contribution in [1.29, 1.82) is 0 Å². The Morgan fingerprint density at radius 1 is 0.800 bits per heavy atom. The van der Waals surface area contributed by atoms with E-state index in [0.29, 0.717) is 0 Å². The van der Waals surface area contributed by atoms with E-state index in [2.05, 4.69) is 10.2 Å². The van der Waals surface area contributed by atoms with Gasteiger partial charge in [0.15, 0.2) is 0 Å². The third-order valence-electron chi connectivity index (χ3n) is 6.59.